The highest BCUT2D eigenvalue weighted by Gasteiger charge is 2.06. The lowest BCUT2D eigenvalue weighted by atomic mass is 10.1. The number of hydrogen-bond acceptors (Lipinski definition) is 2. The van der Waals surface area contributed by atoms with Gasteiger partial charge in [-0.2, -0.15) is 10.4 Å². The van der Waals surface area contributed by atoms with E-state index in [0.29, 0.717) is 5.56 Å². The topological polar surface area (TPSA) is 41.6 Å². The molecule has 0 aliphatic carbocycles. The van der Waals surface area contributed by atoms with Crippen LogP contribution in [0, 0.1) is 11.3 Å². The summed E-state index contributed by atoms with van der Waals surface area (Å²) in [7, 11) is 0. The van der Waals surface area contributed by atoms with Gasteiger partial charge in [-0.25, -0.2) is 4.68 Å². The molecule has 21 heavy (non-hydrogen) atoms. The quantitative estimate of drug-likeness (QED) is 0.523. The van der Waals surface area contributed by atoms with Crippen molar-refractivity contribution in [1.82, 2.24) is 9.78 Å². The Morgan fingerprint density at radius 1 is 0.857 bits per heavy atom. The minimum atomic E-state index is 0.653. The van der Waals surface area contributed by atoms with Crippen molar-refractivity contribution in [2.24, 2.45) is 0 Å². The maximum Gasteiger partial charge on any atom is 0.0991 e. The minimum Gasteiger partial charge on any atom is -0.233 e. The van der Waals surface area contributed by atoms with Crippen LogP contribution in [0.2, 0.25) is 0 Å². The van der Waals surface area contributed by atoms with Gasteiger partial charge in [-0.05, 0) is 41.1 Å². The van der Waals surface area contributed by atoms with E-state index in [9.17, 15) is 0 Å². The molecular weight excluding hydrogens is 258 g/mol. The normalized spacial score (nSPS) is 10.8. The molecule has 0 aliphatic heterocycles. The zero-order valence-electron chi connectivity index (χ0n) is 11.2. The maximum atomic E-state index is 8.96. The zero-order valence-corrected chi connectivity index (χ0v) is 11.2. The third kappa shape index (κ3) is 1.86. The molecule has 3 heteroatoms. The molecule has 0 saturated heterocycles. The van der Waals surface area contributed by atoms with Gasteiger partial charge < -0.3 is 0 Å². The van der Waals surface area contributed by atoms with Gasteiger partial charge in [-0.1, -0.05) is 30.3 Å². The van der Waals surface area contributed by atoms with Gasteiger partial charge in [0.1, 0.15) is 0 Å². The molecule has 0 N–H and O–H groups in total. The summed E-state index contributed by atoms with van der Waals surface area (Å²) in [5, 5.41) is 16.8. The standard InChI is InChI=1S/C18H11N3/c19-11-13-5-8-18-16(9-13)12-20-21(18)17-7-6-14-3-1-2-4-15(14)10-17/h1-10,12H. The fourth-order valence-corrected chi connectivity index (χ4v) is 2.62. The van der Waals surface area contributed by atoms with Crippen molar-refractivity contribution >= 4 is 21.7 Å². The smallest absolute Gasteiger partial charge is 0.0991 e. The predicted molar refractivity (Wildman–Crippen MR) is 83.3 cm³/mol. The molecule has 1 heterocycles. The van der Waals surface area contributed by atoms with Crippen LogP contribution in [0.15, 0.2) is 66.9 Å². The summed E-state index contributed by atoms with van der Waals surface area (Å²) in [6.45, 7) is 0. The Morgan fingerprint density at radius 3 is 2.57 bits per heavy atom. The van der Waals surface area contributed by atoms with Crippen molar-refractivity contribution < 1.29 is 0 Å². The van der Waals surface area contributed by atoms with Gasteiger partial charge in [-0.15, -0.1) is 0 Å². The molecule has 3 aromatic carbocycles. The summed E-state index contributed by atoms with van der Waals surface area (Å²) in [6, 6.07) is 22.3. The first-order valence-corrected chi connectivity index (χ1v) is 6.72. The van der Waals surface area contributed by atoms with Crippen molar-refractivity contribution in [3.63, 3.8) is 0 Å². The van der Waals surface area contributed by atoms with E-state index in [2.05, 4.69) is 41.5 Å². The Balaban J connectivity index is 1.94. The summed E-state index contributed by atoms with van der Waals surface area (Å²) in [6.07, 6.45) is 1.80. The molecule has 0 fully saturated rings. The maximum absolute atomic E-state index is 8.96. The van der Waals surface area contributed by atoms with Crippen LogP contribution in [-0.2, 0) is 0 Å². The average Bonchev–Trinajstić information content (AvgIpc) is 2.97. The van der Waals surface area contributed by atoms with Gasteiger partial charge in [0.05, 0.1) is 29.0 Å². The first-order chi connectivity index (χ1) is 10.3. The van der Waals surface area contributed by atoms with Gasteiger partial charge in [0.25, 0.3) is 0 Å². The average molecular weight is 269 g/mol. The van der Waals surface area contributed by atoms with Gasteiger partial charge in [-0.3, -0.25) is 0 Å². The van der Waals surface area contributed by atoms with E-state index in [0.717, 1.165) is 16.6 Å². The van der Waals surface area contributed by atoms with Crippen molar-refractivity contribution in [3.8, 4) is 11.8 Å². The summed E-state index contributed by atoms with van der Waals surface area (Å²) in [4.78, 5) is 0. The van der Waals surface area contributed by atoms with Gasteiger partial charge in [0.2, 0.25) is 0 Å². The molecule has 0 radical (unpaired) electrons. The summed E-state index contributed by atoms with van der Waals surface area (Å²) >= 11 is 0. The third-order valence-corrected chi connectivity index (χ3v) is 3.67. The van der Waals surface area contributed by atoms with Crippen LogP contribution in [0.4, 0.5) is 0 Å². The number of aromatic nitrogens is 2. The zero-order chi connectivity index (χ0) is 14.2. The van der Waals surface area contributed by atoms with E-state index in [1.807, 2.05) is 35.0 Å². The van der Waals surface area contributed by atoms with E-state index < -0.39 is 0 Å². The van der Waals surface area contributed by atoms with Crippen LogP contribution in [0.5, 0.6) is 0 Å². The van der Waals surface area contributed by atoms with Crippen molar-refractivity contribution in [3.05, 3.63) is 72.4 Å². The molecule has 0 spiro atoms. The highest BCUT2D eigenvalue weighted by atomic mass is 15.3. The van der Waals surface area contributed by atoms with Gasteiger partial charge >= 0.3 is 0 Å². The van der Waals surface area contributed by atoms with Crippen LogP contribution in [0.25, 0.3) is 27.4 Å². The molecule has 0 saturated carbocycles. The minimum absolute atomic E-state index is 0.653. The summed E-state index contributed by atoms with van der Waals surface area (Å²) < 4.78 is 1.91. The Bertz CT molecular complexity index is 1010. The van der Waals surface area contributed by atoms with Gasteiger partial charge in [0, 0.05) is 5.39 Å². The van der Waals surface area contributed by atoms with E-state index >= 15 is 0 Å². The number of nitrogens with zero attached hydrogens (tertiary/aromatic N) is 3. The monoisotopic (exact) mass is 269 g/mol. The van der Waals surface area contributed by atoms with Crippen LogP contribution >= 0.6 is 0 Å². The van der Waals surface area contributed by atoms with E-state index in [1.54, 1.807) is 6.20 Å². The largest absolute Gasteiger partial charge is 0.233 e. The number of nitriles is 1. The molecule has 0 aliphatic rings. The molecule has 98 valence electrons. The van der Waals surface area contributed by atoms with E-state index in [1.165, 1.54) is 10.8 Å². The molecular formula is C18H11N3. The highest BCUT2D eigenvalue weighted by molar-refractivity contribution is 5.86. The summed E-state index contributed by atoms with van der Waals surface area (Å²) in [5.74, 6) is 0. The second-order valence-electron chi connectivity index (χ2n) is 4.97. The van der Waals surface area contributed by atoms with Crippen molar-refractivity contribution in [2.45, 2.75) is 0 Å². The predicted octanol–water partition coefficient (Wildman–Crippen LogP) is 4.05. The molecule has 0 bridgehead atoms. The second kappa shape index (κ2) is 4.46. The molecule has 3 nitrogen and oxygen atoms in total. The molecule has 4 rings (SSSR count). The molecule has 0 unspecified atom stereocenters. The van der Waals surface area contributed by atoms with Crippen molar-refractivity contribution in [2.75, 3.05) is 0 Å². The number of rotatable bonds is 1. The lowest BCUT2D eigenvalue weighted by molar-refractivity contribution is 0.912. The van der Waals surface area contributed by atoms with Crippen LogP contribution in [0.3, 0.4) is 0 Å². The number of fused-ring (bicyclic) bond motifs is 2. The highest BCUT2D eigenvalue weighted by Crippen LogP contribution is 2.22. The SMILES string of the molecule is N#Cc1ccc2c(cnn2-c2ccc3ccccc3c2)c1. The lowest BCUT2D eigenvalue weighted by Gasteiger charge is -2.05. The second-order valence-corrected chi connectivity index (χ2v) is 4.97. The number of hydrogen-bond donors (Lipinski definition) is 0. The fourth-order valence-electron chi connectivity index (χ4n) is 2.62. The Labute approximate surface area is 121 Å². The van der Waals surface area contributed by atoms with Crippen LogP contribution in [-0.4, -0.2) is 9.78 Å². The fraction of sp³-hybridized carbons (Fsp3) is 0. The Kier molecular flexibility index (Phi) is 2.48. The van der Waals surface area contributed by atoms with Crippen LogP contribution < -0.4 is 0 Å². The lowest BCUT2D eigenvalue weighted by Crippen LogP contribution is -1.95. The molecule has 0 atom stereocenters. The Morgan fingerprint density at radius 2 is 1.71 bits per heavy atom. The van der Waals surface area contributed by atoms with Crippen LogP contribution in [0.1, 0.15) is 5.56 Å². The van der Waals surface area contributed by atoms with Gasteiger partial charge in [0.15, 0.2) is 0 Å². The molecule has 0 amide bonds. The van der Waals surface area contributed by atoms with E-state index in [-0.39, 0.29) is 0 Å². The molecule has 1 aromatic heterocycles. The third-order valence-electron chi connectivity index (χ3n) is 3.67. The van der Waals surface area contributed by atoms with Crippen molar-refractivity contribution in [1.29, 1.82) is 5.26 Å². The molecule has 4 aromatic rings. The first kappa shape index (κ1) is 11.7. The van der Waals surface area contributed by atoms with E-state index in [4.69, 9.17) is 5.26 Å². The Hall–Kier alpha value is -3.12. The first-order valence-electron chi connectivity index (χ1n) is 6.72. The number of benzene rings is 3. The summed E-state index contributed by atoms with van der Waals surface area (Å²) in [5.41, 5.74) is 2.68.